The Hall–Kier alpha value is -4.36. The van der Waals surface area contributed by atoms with Gasteiger partial charge in [0.25, 0.3) is 0 Å². The number of esters is 1. The first-order valence-electron chi connectivity index (χ1n) is 12.3. The number of aromatic nitrogens is 4. The number of pyridine rings is 1. The number of benzene rings is 1. The van der Waals surface area contributed by atoms with E-state index in [1.807, 2.05) is 21.1 Å². The van der Waals surface area contributed by atoms with Gasteiger partial charge in [-0.2, -0.15) is 0 Å². The minimum absolute atomic E-state index is 0.0801. The number of nitrogens with zero attached hydrogens (tertiary/aromatic N) is 6. The summed E-state index contributed by atoms with van der Waals surface area (Å²) >= 11 is 0. The molecule has 2 atom stereocenters. The van der Waals surface area contributed by atoms with E-state index in [1.165, 1.54) is 11.0 Å². The zero-order chi connectivity index (χ0) is 27.6. The number of likely N-dealkylation sites (N-methyl/N-ethyl adjacent to an activating group) is 1. The Kier molecular flexibility index (Phi) is 7.26. The minimum atomic E-state index is -0.542. The van der Waals surface area contributed by atoms with Crippen molar-refractivity contribution in [2.45, 2.75) is 18.8 Å². The minimum Gasteiger partial charge on any atom is -0.458 e. The maximum atomic E-state index is 15.1. The van der Waals surface area contributed by atoms with E-state index in [0.717, 1.165) is 0 Å². The average Bonchev–Trinajstić information content (AvgIpc) is 3.64. The van der Waals surface area contributed by atoms with Crippen molar-refractivity contribution in [3.05, 3.63) is 66.5 Å². The maximum Gasteiger partial charge on any atom is 0.414 e. The smallest absolute Gasteiger partial charge is 0.414 e. The molecule has 12 nitrogen and oxygen atoms in total. The normalized spacial score (nSPS) is 19.0. The van der Waals surface area contributed by atoms with Crippen LogP contribution in [0.15, 0.2) is 55.0 Å². The van der Waals surface area contributed by atoms with Gasteiger partial charge in [-0.25, -0.2) is 18.7 Å². The summed E-state index contributed by atoms with van der Waals surface area (Å²) < 4.78 is 27.8. The van der Waals surface area contributed by atoms with Gasteiger partial charge in [0, 0.05) is 23.5 Å². The molecular weight excluding hydrogens is 509 g/mol. The zero-order valence-electron chi connectivity index (χ0n) is 21.8. The summed E-state index contributed by atoms with van der Waals surface area (Å²) in [5.41, 5.74) is 5.33. The van der Waals surface area contributed by atoms with E-state index in [0.29, 0.717) is 39.2 Å². The highest BCUT2D eigenvalue weighted by Crippen LogP contribution is 2.30. The number of quaternary nitrogens is 1. The van der Waals surface area contributed by atoms with Crippen LogP contribution in [-0.4, -0.2) is 89.6 Å². The van der Waals surface area contributed by atoms with E-state index in [2.05, 4.69) is 20.8 Å². The van der Waals surface area contributed by atoms with Crippen LogP contribution in [0.1, 0.15) is 5.69 Å². The molecule has 4 heterocycles. The Labute approximate surface area is 224 Å². The Balaban J connectivity index is 1.20. The molecule has 39 heavy (non-hydrogen) atoms. The van der Waals surface area contributed by atoms with Gasteiger partial charge in [-0.1, -0.05) is 11.3 Å². The number of ether oxygens (including phenoxy) is 2. The van der Waals surface area contributed by atoms with Crippen LogP contribution < -0.4 is 10.4 Å². The number of hydroxylamine groups is 1. The van der Waals surface area contributed by atoms with E-state index in [4.69, 9.17) is 14.3 Å². The van der Waals surface area contributed by atoms with Crippen LogP contribution in [0.3, 0.4) is 0 Å². The van der Waals surface area contributed by atoms with Gasteiger partial charge in [0.2, 0.25) is 0 Å². The van der Waals surface area contributed by atoms with Crippen molar-refractivity contribution < 1.29 is 32.8 Å². The number of hydrogen-bond acceptors (Lipinski definition) is 9. The number of nitrogens with one attached hydrogen (secondary N) is 1. The van der Waals surface area contributed by atoms with E-state index in [-0.39, 0.29) is 25.7 Å². The lowest BCUT2D eigenvalue weighted by Gasteiger charge is -2.22. The summed E-state index contributed by atoms with van der Waals surface area (Å²) in [4.78, 5) is 35.6. The number of rotatable bonds is 9. The first-order chi connectivity index (χ1) is 18.6. The predicted octanol–water partition coefficient (Wildman–Crippen LogP) is 2.00. The van der Waals surface area contributed by atoms with Crippen LogP contribution in [0.2, 0.25) is 0 Å². The molecule has 2 aromatic heterocycles. The van der Waals surface area contributed by atoms with Crippen molar-refractivity contribution in [1.82, 2.24) is 25.5 Å². The van der Waals surface area contributed by atoms with Crippen molar-refractivity contribution in [2.24, 2.45) is 0 Å². The van der Waals surface area contributed by atoms with Gasteiger partial charge in [-0.05, 0) is 30.3 Å². The molecule has 1 aromatic carbocycles. The topological polar surface area (TPSA) is 121 Å². The van der Waals surface area contributed by atoms with Gasteiger partial charge in [0.1, 0.15) is 24.6 Å². The first kappa shape index (κ1) is 26.3. The highest BCUT2D eigenvalue weighted by Gasteiger charge is 2.33. The molecule has 3 aromatic rings. The van der Waals surface area contributed by atoms with Gasteiger partial charge < -0.3 is 14.0 Å². The fourth-order valence-corrected chi connectivity index (χ4v) is 4.21. The van der Waals surface area contributed by atoms with Crippen LogP contribution in [0.25, 0.3) is 16.8 Å². The Bertz CT molecular complexity index is 1370. The molecule has 1 fully saturated rings. The Morgan fingerprint density at radius 1 is 1.26 bits per heavy atom. The van der Waals surface area contributed by atoms with E-state index < -0.39 is 24.1 Å². The van der Waals surface area contributed by atoms with Crippen molar-refractivity contribution in [3.8, 4) is 11.1 Å². The molecule has 13 heteroatoms. The summed E-state index contributed by atoms with van der Waals surface area (Å²) in [6.07, 6.45) is 5.15. The van der Waals surface area contributed by atoms with E-state index in [1.54, 1.807) is 53.6 Å². The lowest BCUT2D eigenvalue weighted by Crippen LogP contribution is -2.40. The number of amides is 1. The molecule has 1 N–H and O–H groups in total. The van der Waals surface area contributed by atoms with Crippen molar-refractivity contribution >= 4 is 23.4 Å². The molecule has 0 aliphatic carbocycles. The van der Waals surface area contributed by atoms with Crippen LogP contribution in [0, 0.1) is 5.82 Å². The third-order valence-electron chi connectivity index (χ3n) is 6.04. The van der Waals surface area contributed by atoms with Crippen LogP contribution in [-0.2, 0) is 25.7 Å². The second-order valence-electron chi connectivity index (χ2n) is 10.3. The van der Waals surface area contributed by atoms with Crippen molar-refractivity contribution in [1.29, 1.82) is 0 Å². The Morgan fingerprint density at radius 3 is 2.79 bits per heavy atom. The SMILES string of the molecule is C[N+](C)(C)CC(=O)OC[C@@H]1C=C(c2ccc(-c3ccc(N4C[C@H](Cn5ccnn5)OC4=O)cc3F)cn2)NO1. The third kappa shape index (κ3) is 6.38. The number of halogens is 1. The summed E-state index contributed by atoms with van der Waals surface area (Å²) in [5.74, 6) is -0.802. The molecule has 0 spiro atoms. The summed E-state index contributed by atoms with van der Waals surface area (Å²) in [5, 5.41) is 7.62. The predicted molar refractivity (Wildman–Crippen MR) is 137 cm³/mol. The molecule has 0 saturated carbocycles. The molecule has 2 aliphatic rings. The fraction of sp³-hybridized carbons (Fsp3) is 0.346. The van der Waals surface area contributed by atoms with Crippen LogP contribution in [0.5, 0.6) is 0 Å². The van der Waals surface area contributed by atoms with Gasteiger partial charge in [0.15, 0.2) is 6.54 Å². The lowest BCUT2D eigenvalue weighted by molar-refractivity contribution is -0.862. The largest absolute Gasteiger partial charge is 0.458 e. The first-order valence-corrected chi connectivity index (χ1v) is 12.3. The molecule has 0 unspecified atom stereocenters. The summed E-state index contributed by atoms with van der Waals surface area (Å²) in [6, 6.07) is 8.07. The number of carbonyl (C=O) groups excluding carboxylic acids is 2. The molecule has 204 valence electrons. The molecule has 1 saturated heterocycles. The Morgan fingerprint density at radius 2 is 2.10 bits per heavy atom. The molecule has 0 bridgehead atoms. The van der Waals surface area contributed by atoms with Crippen LogP contribution >= 0.6 is 0 Å². The molecule has 5 rings (SSSR count). The van der Waals surface area contributed by atoms with Gasteiger partial charge in [-0.3, -0.25) is 20.2 Å². The number of hydrogen-bond donors (Lipinski definition) is 1. The second-order valence-corrected chi connectivity index (χ2v) is 10.3. The van der Waals surface area contributed by atoms with E-state index in [9.17, 15) is 9.59 Å². The van der Waals surface area contributed by atoms with Gasteiger partial charge >= 0.3 is 12.1 Å². The van der Waals surface area contributed by atoms with E-state index >= 15 is 4.39 Å². The molecule has 2 aliphatic heterocycles. The van der Waals surface area contributed by atoms with Crippen LogP contribution in [0.4, 0.5) is 14.9 Å². The number of cyclic esters (lactones) is 1. The van der Waals surface area contributed by atoms with Gasteiger partial charge in [0.05, 0.1) is 57.5 Å². The molecule has 0 radical (unpaired) electrons. The van der Waals surface area contributed by atoms with Crippen molar-refractivity contribution in [2.75, 3.05) is 45.7 Å². The third-order valence-corrected chi connectivity index (χ3v) is 6.04. The highest BCUT2D eigenvalue weighted by atomic mass is 19.1. The summed E-state index contributed by atoms with van der Waals surface area (Å²) in [6.45, 7) is 0.966. The lowest BCUT2D eigenvalue weighted by atomic mass is 10.1. The maximum absolute atomic E-state index is 15.1. The zero-order valence-corrected chi connectivity index (χ0v) is 21.8. The average molecular weight is 539 g/mol. The fourth-order valence-electron chi connectivity index (χ4n) is 4.21. The van der Waals surface area contributed by atoms with Crippen molar-refractivity contribution in [3.63, 3.8) is 0 Å². The monoisotopic (exact) mass is 538 g/mol. The van der Waals surface area contributed by atoms with Gasteiger partial charge in [-0.15, -0.1) is 5.10 Å². The number of carbonyl (C=O) groups is 2. The highest BCUT2D eigenvalue weighted by molar-refractivity contribution is 5.90. The number of anilines is 1. The quantitative estimate of drug-likeness (QED) is 0.322. The molecular formula is C26H29FN7O5+. The standard InChI is InChI=1S/C26H29FN7O5/c1-34(2,3)15-25(35)37-16-19-11-24(30-39-19)23-7-4-17(12-28-23)21-6-5-18(10-22(21)27)33-14-20(38-26(33)36)13-32-9-8-29-31-32/h4-12,19-20,30H,13-16H2,1-3H3/q+1/t19-,20-/m0/s1. The molecule has 1 amide bonds. The second kappa shape index (κ2) is 10.8. The summed E-state index contributed by atoms with van der Waals surface area (Å²) in [7, 11) is 5.72.